The number of methoxy groups -OCH3 is 1. The van der Waals surface area contributed by atoms with Crippen molar-refractivity contribution in [3.05, 3.63) is 53.6 Å². The van der Waals surface area contributed by atoms with Crippen molar-refractivity contribution in [2.45, 2.75) is 17.6 Å². The highest BCUT2D eigenvalue weighted by Crippen LogP contribution is 2.26. The summed E-state index contributed by atoms with van der Waals surface area (Å²) in [5.74, 6) is 0.478. The normalized spacial score (nSPS) is 11.3. The number of nitrogens with two attached hydrogens (primary N) is 1. The molecule has 0 aliphatic rings. The van der Waals surface area contributed by atoms with Gasteiger partial charge in [0.1, 0.15) is 5.75 Å². The summed E-state index contributed by atoms with van der Waals surface area (Å²) >= 11 is 0. The summed E-state index contributed by atoms with van der Waals surface area (Å²) in [6.07, 6.45) is 0. The second kappa shape index (κ2) is 5.54. The van der Waals surface area contributed by atoms with Crippen LogP contribution in [0.15, 0.2) is 47.4 Å². The minimum atomic E-state index is -3.43. The van der Waals surface area contributed by atoms with E-state index in [1.807, 2.05) is 6.07 Å². The zero-order chi connectivity index (χ0) is 14.8. The molecular formula is C15H17NO3S. The molecule has 4 nitrogen and oxygen atoms in total. The van der Waals surface area contributed by atoms with Gasteiger partial charge in [-0.1, -0.05) is 18.2 Å². The molecule has 2 rings (SSSR count). The number of hydrogen-bond donors (Lipinski definition) is 1. The van der Waals surface area contributed by atoms with Gasteiger partial charge >= 0.3 is 0 Å². The summed E-state index contributed by atoms with van der Waals surface area (Å²) in [7, 11) is -1.90. The predicted octanol–water partition coefficient (Wildman–Crippen LogP) is 2.56. The van der Waals surface area contributed by atoms with Gasteiger partial charge in [-0.15, -0.1) is 0 Å². The molecule has 0 spiro atoms. The predicted molar refractivity (Wildman–Crippen MR) is 79.5 cm³/mol. The monoisotopic (exact) mass is 291 g/mol. The Bertz CT molecular complexity index is 724. The molecule has 0 aliphatic heterocycles. The number of para-hydroxylation sites is 1. The molecule has 0 heterocycles. The molecule has 0 radical (unpaired) electrons. The molecule has 2 N–H and O–H groups in total. The van der Waals surface area contributed by atoms with E-state index >= 15 is 0 Å². The molecule has 0 unspecified atom stereocenters. The number of anilines is 1. The number of hydrogen-bond acceptors (Lipinski definition) is 4. The fraction of sp³-hybridized carbons (Fsp3) is 0.200. The summed E-state index contributed by atoms with van der Waals surface area (Å²) in [5, 5.41) is 0. The van der Waals surface area contributed by atoms with E-state index in [4.69, 9.17) is 10.5 Å². The largest absolute Gasteiger partial charge is 0.496 e. The topological polar surface area (TPSA) is 69.4 Å². The van der Waals surface area contributed by atoms with E-state index in [0.29, 0.717) is 27.5 Å². The SMILES string of the molecule is COc1ccccc1CS(=O)(=O)c1ccc(N)cc1C. The highest BCUT2D eigenvalue weighted by Gasteiger charge is 2.19. The molecule has 0 aliphatic carbocycles. The fourth-order valence-corrected chi connectivity index (χ4v) is 3.75. The first-order chi connectivity index (χ1) is 9.44. The van der Waals surface area contributed by atoms with Gasteiger partial charge in [0, 0.05) is 11.3 Å². The molecule has 0 atom stereocenters. The summed E-state index contributed by atoms with van der Waals surface area (Å²) in [4.78, 5) is 0.303. The molecule has 0 bridgehead atoms. The minimum Gasteiger partial charge on any atom is -0.496 e. The third-order valence-electron chi connectivity index (χ3n) is 3.07. The summed E-state index contributed by atoms with van der Waals surface area (Å²) in [6, 6.07) is 11.9. The lowest BCUT2D eigenvalue weighted by Gasteiger charge is -2.11. The van der Waals surface area contributed by atoms with Crippen molar-refractivity contribution >= 4 is 15.5 Å². The molecular weight excluding hydrogens is 274 g/mol. The van der Waals surface area contributed by atoms with Gasteiger partial charge in [0.25, 0.3) is 0 Å². The van der Waals surface area contributed by atoms with E-state index in [-0.39, 0.29) is 5.75 Å². The second-order valence-corrected chi connectivity index (χ2v) is 6.55. The number of ether oxygens (including phenoxy) is 1. The van der Waals surface area contributed by atoms with Gasteiger partial charge in [-0.2, -0.15) is 0 Å². The van der Waals surface area contributed by atoms with Crippen LogP contribution in [0.1, 0.15) is 11.1 Å². The van der Waals surface area contributed by atoms with Crippen LogP contribution in [0, 0.1) is 6.92 Å². The van der Waals surface area contributed by atoms with Gasteiger partial charge in [-0.25, -0.2) is 8.42 Å². The maximum Gasteiger partial charge on any atom is 0.182 e. The number of sulfone groups is 1. The van der Waals surface area contributed by atoms with E-state index in [1.54, 1.807) is 43.3 Å². The van der Waals surface area contributed by atoms with Gasteiger partial charge in [0.2, 0.25) is 0 Å². The Hall–Kier alpha value is -2.01. The number of aryl methyl sites for hydroxylation is 1. The summed E-state index contributed by atoms with van der Waals surface area (Å²) < 4.78 is 30.2. The van der Waals surface area contributed by atoms with Crippen molar-refractivity contribution in [2.24, 2.45) is 0 Å². The molecule has 106 valence electrons. The highest BCUT2D eigenvalue weighted by molar-refractivity contribution is 7.90. The van der Waals surface area contributed by atoms with Crippen LogP contribution in [0.4, 0.5) is 5.69 Å². The van der Waals surface area contributed by atoms with Crippen molar-refractivity contribution in [2.75, 3.05) is 12.8 Å². The van der Waals surface area contributed by atoms with Crippen molar-refractivity contribution in [3.8, 4) is 5.75 Å². The van der Waals surface area contributed by atoms with Gasteiger partial charge in [0.05, 0.1) is 17.8 Å². The van der Waals surface area contributed by atoms with Gasteiger partial charge in [-0.05, 0) is 36.8 Å². The molecule has 0 aromatic heterocycles. The standard InChI is InChI=1S/C15H17NO3S/c1-11-9-13(16)7-8-15(11)20(17,18)10-12-5-3-4-6-14(12)19-2/h3-9H,10,16H2,1-2H3. The first-order valence-electron chi connectivity index (χ1n) is 6.15. The van der Waals surface area contributed by atoms with E-state index in [2.05, 4.69) is 0 Å². The fourth-order valence-electron chi connectivity index (χ4n) is 2.13. The number of benzene rings is 2. The zero-order valence-electron chi connectivity index (χ0n) is 11.5. The van der Waals surface area contributed by atoms with Crippen molar-refractivity contribution in [3.63, 3.8) is 0 Å². The maximum atomic E-state index is 12.5. The Morgan fingerprint density at radius 2 is 1.85 bits per heavy atom. The Labute approximate surface area is 119 Å². The van der Waals surface area contributed by atoms with Gasteiger partial charge < -0.3 is 10.5 Å². The van der Waals surface area contributed by atoms with E-state index in [1.165, 1.54) is 7.11 Å². The van der Waals surface area contributed by atoms with Crippen molar-refractivity contribution < 1.29 is 13.2 Å². The van der Waals surface area contributed by atoms with E-state index < -0.39 is 9.84 Å². The van der Waals surface area contributed by atoms with Gasteiger partial charge in [-0.3, -0.25) is 0 Å². The molecule has 0 amide bonds. The molecule has 20 heavy (non-hydrogen) atoms. The van der Waals surface area contributed by atoms with Crippen LogP contribution >= 0.6 is 0 Å². The molecule has 0 saturated carbocycles. The van der Waals surface area contributed by atoms with Crippen molar-refractivity contribution in [1.82, 2.24) is 0 Å². The lowest BCUT2D eigenvalue weighted by Crippen LogP contribution is -2.08. The van der Waals surface area contributed by atoms with Crippen molar-refractivity contribution in [1.29, 1.82) is 0 Å². The zero-order valence-corrected chi connectivity index (χ0v) is 12.3. The second-order valence-electron chi connectivity index (χ2n) is 4.60. The van der Waals surface area contributed by atoms with E-state index in [0.717, 1.165) is 0 Å². The number of rotatable bonds is 4. The highest BCUT2D eigenvalue weighted by atomic mass is 32.2. The van der Waals surface area contributed by atoms with Crippen LogP contribution in [-0.4, -0.2) is 15.5 Å². The number of nitrogen functional groups attached to an aromatic ring is 1. The Morgan fingerprint density at radius 3 is 2.50 bits per heavy atom. The van der Waals surface area contributed by atoms with E-state index in [9.17, 15) is 8.42 Å². The first-order valence-corrected chi connectivity index (χ1v) is 7.80. The maximum absolute atomic E-state index is 12.5. The van der Waals surface area contributed by atoms with Gasteiger partial charge in [0.15, 0.2) is 9.84 Å². The van der Waals surface area contributed by atoms with Crippen LogP contribution in [-0.2, 0) is 15.6 Å². The molecule has 0 fully saturated rings. The van der Waals surface area contributed by atoms with Crippen LogP contribution in [0.25, 0.3) is 0 Å². The smallest absolute Gasteiger partial charge is 0.182 e. The third kappa shape index (κ3) is 2.93. The molecule has 5 heteroatoms. The molecule has 2 aromatic carbocycles. The average Bonchev–Trinajstić information content (AvgIpc) is 2.38. The average molecular weight is 291 g/mol. The van der Waals surface area contributed by atoms with Crippen LogP contribution in [0.5, 0.6) is 5.75 Å². The van der Waals surface area contributed by atoms with Crippen LogP contribution in [0.2, 0.25) is 0 Å². The minimum absolute atomic E-state index is 0.0955. The Balaban J connectivity index is 2.41. The quantitative estimate of drug-likeness (QED) is 0.879. The summed E-state index contributed by atoms with van der Waals surface area (Å²) in [6.45, 7) is 1.74. The Kier molecular flexibility index (Phi) is 3.99. The molecule has 2 aromatic rings. The lowest BCUT2D eigenvalue weighted by molar-refractivity contribution is 0.411. The lowest BCUT2D eigenvalue weighted by atomic mass is 10.2. The first kappa shape index (κ1) is 14.4. The third-order valence-corrected chi connectivity index (χ3v) is 4.89. The Morgan fingerprint density at radius 1 is 1.15 bits per heavy atom. The molecule has 0 saturated heterocycles. The van der Waals surface area contributed by atoms with Crippen LogP contribution in [0.3, 0.4) is 0 Å². The summed E-state index contributed by atoms with van der Waals surface area (Å²) in [5.41, 5.74) is 7.51. The van der Waals surface area contributed by atoms with Crippen LogP contribution < -0.4 is 10.5 Å².